The van der Waals surface area contributed by atoms with E-state index in [1.165, 1.54) is 43.2 Å². The Balaban J connectivity index is 1.51. The SMILES string of the molecule is Cc1nc(NC2CCCCC2)cc(N2CCc3cc([C@H](C)O)ccc3C2)n1. The van der Waals surface area contributed by atoms with Crippen LogP contribution in [0.2, 0.25) is 0 Å². The molecule has 1 atom stereocenters. The molecule has 1 aliphatic carbocycles. The molecule has 27 heavy (non-hydrogen) atoms. The van der Waals surface area contributed by atoms with Crippen molar-refractivity contribution in [2.45, 2.75) is 71.1 Å². The molecule has 2 heterocycles. The molecule has 0 spiro atoms. The Labute approximate surface area is 161 Å². The van der Waals surface area contributed by atoms with Crippen molar-refractivity contribution in [3.63, 3.8) is 0 Å². The number of nitrogens with one attached hydrogen (secondary N) is 1. The second-order valence-corrected chi connectivity index (χ2v) is 8.01. The number of benzene rings is 1. The minimum atomic E-state index is -0.411. The Morgan fingerprint density at radius 3 is 2.70 bits per heavy atom. The van der Waals surface area contributed by atoms with Crippen LogP contribution in [0.5, 0.6) is 0 Å². The van der Waals surface area contributed by atoms with Gasteiger partial charge in [-0.3, -0.25) is 0 Å². The van der Waals surface area contributed by atoms with Gasteiger partial charge in [-0.1, -0.05) is 37.5 Å². The first-order chi connectivity index (χ1) is 13.1. The zero-order chi connectivity index (χ0) is 18.8. The van der Waals surface area contributed by atoms with Crippen LogP contribution in [0.1, 0.15) is 67.6 Å². The molecule has 2 aromatic rings. The van der Waals surface area contributed by atoms with Crippen LogP contribution >= 0.6 is 0 Å². The highest BCUT2D eigenvalue weighted by Crippen LogP contribution is 2.28. The van der Waals surface area contributed by atoms with Gasteiger partial charge < -0.3 is 15.3 Å². The summed E-state index contributed by atoms with van der Waals surface area (Å²) in [6.45, 7) is 5.59. The zero-order valence-electron chi connectivity index (χ0n) is 16.4. The molecule has 0 bridgehead atoms. The van der Waals surface area contributed by atoms with E-state index in [0.717, 1.165) is 42.5 Å². The summed E-state index contributed by atoms with van der Waals surface area (Å²) in [5.74, 6) is 2.78. The lowest BCUT2D eigenvalue weighted by atomic mass is 9.95. The van der Waals surface area contributed by atoms with Gasteiger partial charge in [-0.05, 0) is 49.8 Å². The number of aliphatic hydroxyl groups is 1. The number of hydrogen-bond acceptors (Lipinski definition) is 5. The average Bonchev–Trinajstić information content (AvgIpc) is 2.67. The molecule has 0 unspecified atom stereocenters. The predicted molar refractivity (Wildman–Crippen MR) is 109 cm³/mol. The Bertz CT molecular complexity index is 799. The highest BCUT2D eigenvalue weighted by Gasteiger charge is 2.20. The number of aromatic nitrogens is 2. The van der Waals surface area contributed by atoms with Crippen molar-refractivity contribution in [2.24, 2.45) is 0 Å². The number of fused-ring (bicyclic) bond motifs is 1. The van der Waals surface area contributed by atoms with Gasteiger partial charge in [0.1, 0.15) is 17.5 Å². The minimum Gasteiger partial charge on any atom is -0.389 e. The van der Waals surface area contributed by atoms with Crippen LogP contribution in [-0.4, -0.2) is 27.7 Å². The summed E-state index contributed by atoms with van der Waals surface area (Å²) in [5.41, 5.74) is 3.67. The fourth-order valence-corrected chi connectivity index (χ4v) is 4.27. The van der Waals surface area contributed by atoms with Crippen molar-refractivity contribution in [3.8, 4) is 0 Å². The topological polar surface area (TPSA) is 61.3 Å². The summed E-state index contributed by atoms with van der Waals surface area (Å²) >= 11 is 0. The molecular weight excluding hydrogens is 336 g/mol. The van der Waals surface area contributed by atoms with Crippen LogP contribution in [0, 0.1) is 6.92 Å². The quantitative estimate of drug-likeness (QED) is 0.851. The van der Waals surface area contributed by atoms with Crippen LogP contribution in [0.3, 0.4) is 0 Å². The third-order valence-electron chi connectivity index (χ3n) is 5.83. The molecule has 1 saturated carbocycles. The van der Waals surface area contributed by atoms with Crippen molar-refractivity contribution in [3.05, 3.63) is 46.8 Å². The normalized spacial score (nSPS) is 18.9. The molecule has 2 aliphatic rings. The maximum Gasteiger partial charge on any atom is 0.134 e. The molecule has 2 N–H and O–H groups in total. The highest BCUT2D eigenvalue weighted by atomic mass is 16.3. The second-order valence-electron chi connectivity index (χ2n) is 8.01. The number of rotatable bonds is 4. The first-order valence-electron chi connectivity index (χ1n) is 10.3. The fraction of sp³-hybridized carbons (Fsp3) is 0.545. The maximum absolute atomic E-state index is 9.82. The monoisotopic (exact) mass is 366 g/mol. The molecule has 0 amide bonds. The number of aliphatic hydroxyl groups excluding tert-OH is 1. The molecule has 0 radical (unpaired) electrons. The molecule has 1 aliphatic heterocycles. The Morgan fingerprint density at radius 1 is 1.11 bits per heavy atom. The third kappa shape index (κ3) is 4.24. The molecule has 1 aromatic carbocycles. The Hall–Kier alpha value is -2.14. The van der Waals surface area contributed by atoms with Gasteiger partial charge >= 0.3 is 0 Å². The van der Waals surface area contributed by atoms with Gasteiger partial charge in [0.2, 0.25) is 0 Å². The van der Waals surface area contributed by atoms with Crippen molar-refractivity contribution < 1.29 is 5.11 Å². The second kappa shape index (κ2) is 7.85. The number of nitrogens with zero attached hydrogens (tertiary/aromatic N) is 3. The van der Waals surface area contributed by atoms with E-state index in [1.54, 1.807) is 0 Å². The van der Waals surface area contributed by atoms with Gasteiger partial charge in [0.05, 0.1) is 6.10 Å². The first kappa shape index (κ1) is 18.2. The Kier molecular flexibility index (Phi) is 5.30. The van der Waals surface area contributed by atoms with Crippen LogP contribution in [0.15, 0.2) is 24.3 Å². The molecule has 4 rings (SSSR count). The van der Waals surface area contributed by atoms with Crippen LogP contribution in [-0.2, 0) is 13.0 Å². The van der Waals surface area contributed by atoms with Gasteiger partial charge in [0.25, 0.3) is 0 Å². The van der Waals surface area contributed by atoms with Gasteiger partial charge in [-0.25, -0.2) is 9.97 Å². The first-order valence-corrected chi connectivity index (χ1v) is 10.3. The fourth-order valence-electron chi connectivity index (χ4n) is 4.27. The molecule has 144 valence electrons. The van der Waals surface area contributed by atoms with E-state index in [4.69, 9.17) is 4.98 Å². The summed E-state index contributed by atoms with van der Waals surface area (Å²) in [4.78, 5) is 11.7. The number of hydrogen-bond donors (Lipinski definition) is 2. The standard InChI is InChI=1S/C22H30N4O/c1-15(27)17-8-9-19-14-26(11-10-18(19)12-17)22-13-21(23-16(2)24-22)25-20-6-4-3-5-7-20/h8-9,12-13,15,20,27H,3-7,10-11,14H2,1-2H3,(H,23,24,25)/t15-/m0/s1. The van der Waals surface area contributed by atoms with Crippen LogP contribution in [0.25, 0.3) is 0 Å². The summed E-state index contributed by atoms with van der Waals surface area (Å²) in [5, 5.41) is 13.5. The summed E-state index contributed by atoms with van der Waals surface area (Å²) in [6.07, 6.45) is 7.02. The lowest BCUT2D eigenvalue weighted by Gasteiger charge is -2.31. The summed E-state index contributed by atoms with van der Waals surface area (Å²) < 4.78 is 0. The number of anilines is 2. The Morgan fingerprint density at radius 2 is 1.93 bits per heavy atom. The highest BCUT2D eigenvalue weighted by molar-refractivity contribution is 5.52. The van der Waals surface area contributed by atoms with E-state index in [9.17, 15) is 5.11 Å². The van der Waals surface area contributed by atoms with Crippen LogP contribution < -0.4 is 10.2 Å². The van der Waals surface area contributed by atoms with E-state index < -0.39 is 6.10 Å². The lowest BCUT2D eigenvalue weighted by Crippen LogP contribution is -2.31. The van der Waals surface area contributed by atoms with E-state index in [-0.39, 0.29) is 0 Å². The zero-order valence-corrected chi connectivity index (χ0v) is 16.4. The van der Waals surface area contributed by atoms with Crippen molar-refractivity contribution in [1.29, 1.82) is 0 Å². The summed E-state index contributed by atoms with van der Waals surface area (Å²) in [7, 11) is 0. The number of aryl methyl sites for hydroxylation is 1. The lowest BCUT2D eigenvalue weighted by molar-refractivity contribution is 0.199. The minimum absolute atomic E-state index is 0.411. The summed E-state index contributed by atoms with van der Waals surface area (Å²) in [6, 6.07) is 8.99. The van der Waals surface area contributed by atoms with Gasteiger partial charge in [0.15, 0.2) is 0 Å². The average molecular weight is 367 g/mol. The van der Waals surface area contributed by atoms with Crippen molar-refractivity contribution in [1.82, 2.24) is 9.97 Å². The largest absolute Gasteiger partial charge is 0.389 e. The van der Waals surface area contributed by atoms with Gasteiger partial charge in [0, 0.05) is 25.2 Å². The van der Waals surface area contributed by atoms with Gasteiger partial charge in [-0.15, -0.1) is 0 Å². The van der Waals surface area contributed by atoms with E-state index in [1.807, 2.05) is 19.9 Å². The third-order valence-corrected chi connectivity index (χ3v) is 5.83. The van der Waals surface area contributed by atoms with E-state index in [0.29, 0.717) is 6.04 Å². The van der Waals surface area contributed by atoms with Crippen molar-refractivity contribution in [2.75, 3.05) is 16.8 Å². The van der Waals surface area contributed by atoms with E-state index in [2.05, 4.69) is 33.4 Å². The molecule has 5 heteroatoms. The molecule has 0 saturated heterocycles. The predicted octanol–water partition coefficient (Wildman–Crippen LogP) is 4.15. The van der Waals surface area contributed by atoms with Crippen molar-refractivity contribution >= 4 is 11.6 Å². The maximum atomic E-state index is 9.82. The van der Waals surface area contributed by atoms with Crippen LogP contribution in [0.4, 0.5) is 11.6 Å². The molecular formula is C22H30N4O. The molecule has 1 fully saturated rings. The van der Waals surface area contributed by atoms with E-state index >= 15 is 0 Å². The smallest absolute Gasteiger partial charge is 0.134 e. The molecule has 5 nitrogen and oxygen atoms in total. The molecule has 1 aromatic heterocycles. The van der Waals surface area contributed by atoms with Gasteiger partial charge in [-0.2, -0.15) is 0 Å².